The van der Waals surface area contributed by atoms with Gasteiger partial charge in [0.05, 0.1) is 25.0 Å². The monoisotopic (exact) mass is 315 g/mol. The molecule has 1 N–H and O–H groups in total. The molecule has 0 fully saturated rings. The minimum absolute atomic E-state index is 0.000667. The van der Waals surface area contributed by atoms with Crippen molar-refractivity contribution in [3.05, 3.63) is 29.8 Å². The van der Waals surface area contributed by atoms with Gasteiger partial charge in [-0.25, -0.2) is 0 Å². The minimum Gasteiger partial charge on any atom is -0.497 e. The molecule has 100 valence electrons. The van der Waals surface area contributed by atoms with Crippen molar-refractivity contribution in [3.8, 4) is 5.75 Å². The van der Waals surface area contributed by atoms with Crippen LogP contribution >= 0.6 is 15.9 Å². The lowest BCUT2D eigenvalue weighted by Crippen LogP contribution is -2.32. The van der Waals surface area contributed by atoms with Gasteiger partial charge in [-0.2, -0.15) is 0 Å². The molecule has 18 heavy (non-hydrogen) atoms. The average Bonchev–Trinajstić information content (AvgIpc) is 2.38. The van der Waals surface area contributed by atoms with Crippen LogP contribution in [0.15, 0.2) is 24.3 Å². The first-order valence-electron chi connectivity index (χ1n) is 5.68. The molecule has 0 radical (unpaired) electrons. The van der Waals surface area contributed by atoms with E-state index in [9.17, 15) is 4.79 Å². The second-order valence-corrected chi connectivity index (χ2v) is 5.18. The van der Waals surface area contributed by atoms with E-state index < -0.39 is 0 Å². The molecule has 0 aromatic heterocycles. The van der Waals surface area contributed by atoms with Crippen LogP contribution in [-0.2, 0) is 16.0 Å². The fraction of sp³-hybridized carbons (Fsp3) is 0.462. The van der Waals surface area contributed by atoms with Crippen LogP contribution in [0.1, 0.15) is 5.56 Å². The summed E-state index contributed by atoms with van der Waals surface area (Å²) >= 11 is 3.41. The summed E-state index contributed by atoms with van der Waals surface area (Å²) in [6.45, 7) is 1.13. The minimum atomic E-state index is 0.000667. The van der Waals surface area contributed by atoms with Crippen molar-refractivity contribution in [1.82, 2.24) is 5.32 Å². The van der Waals surface area contributed by atoms with Crippen LogP contribution < -0.4 is 10.1 Å². The molecule has 1 atom stereocenters. The number of methoxy groups -OCH3 is 2. The highest BCUT2D eigenvalue weighted by Gasteiger charge is 2.07. The number of rotatable bonds is 7. The van der Waals surface area contributed by atoms with Gasteiger partial charge in [0.2, 0.25) is 5.91 Å². The van der Waals surface area contributed by atoms with E-state index in [4.69, 9.17) is 9.47 Å². The van der Waals surface area contributed by atoms with Crippen molar-refractivity contribution >= 4 is 21.8 Å². The Labute approximate surface area is 116 Å². The van der Waals surface area contributed by atoms with Gasteiger partial charge in [0.25, 0.3) is 0 Å². The summed E-state index contributed by atoms with van der Waals surface area (Å²) in [7, 11) is 3.25. The van der Waals surface area contributed by atoms with Crippen molar-refractivity contribution in [3.63, 3.8) is 0 Å². The molecule has 5 heteroatoms. The van der Waals surface area contributed by atoms with Gasteiger partial charge >= 0.3 is 0 Å². The molecule has 0 spiro atoms. The summed E-state index contributed by atoms with van der Waals surface area (Å²) in [5.74, 6) is 0.792. The molecule has 4 nitrogen and oxygen atoms in total. The number of halogens is 1. The molecule has 0 aliphatic heterocycles. The topological polar surface area (TPSA) is 47.6 Å². The third kappa shape index (κ3) is 5.51. The lowest BCUT2D eigenvalue weighted by atomic mass is 10.1. The van der Waals surface area contributed by atoms with Crippen LogP contribution in [0, 0.1) is 0 Å². The molecule has 1 aromatic carbocycles. The zero-order valence-corrected chi connectivity index (χ0v) is 12.2. The molecule has 0 heterocycles. The summed E-state index contributed by atoms with van der Waals surface area (Å²) in [6, 6.07) is 7.47. The van der Waals surface area contributed by atoms with Gasteiger partial charge in [0.1, 0.15) is 5.75 Å². The zero-order valence-electron chi connectivity index (χ0n) is 10.6. The lowest BCUT2D eigenvalue weighted by molar-refractivity contribution is -0.120. The van der Waals surface area contributed by atoms with Crippen LogP contribution in [-0.4, -0.2) is 38.1 Å². The molecule has 0 bridgehead atoms. The predicted octanol–water partition coefficient (Wildman–Crippen LogP) is 1.76. The van der Waals surface area contributed by atoms with E-state index in [-0.39, 0.29) is 10.7 Å². The SMILES string of the molecule is COCC(Br)CNC(=O)Cc1ccc(OC)cc1. The van der Waals surface area contributed by atoms with Gasteiger partial charge in [-0.3, -0.25) is 4.79 Å². The number of carbonyl (C=O) groups is 1. The van der Waals surface area contributed by atoms with E-state index in [0.29, 0.717) is 19.6 Å². The molecule has 1 amide bonds. The average molecular weight is 316 g/mol. The highest BCUT2D eigenvalue weighted by atomic mass is 79.9. The van der Waals surface area contributed by atoms with Gasteiger partial charge in [-0.1, -0.05) is 28.1 Å². The summed E-state index contributed by atoms with van der Waals surface area (Å²) in [4.78, 5) is 11.8. The number of hydrogen-bond acceptors (Lipinski definition) is 3. The third-order valence-electron chi connectivity index (χ3n) is 2.39. The summed E-state index contributed by atoms with van der Waals surface area (Å²) in [5.41, 5.74) is 0.964. The maximum atomic E-state index is 11.7. The van der Waals surface area contributed by atoms with Gasteiger partial charge in [0.15, 0.2) is 0 Å². The second kappa shape index (κ2) is 8.11. The highest BCUT2D eigenvalue weighted by molar-refractivity contribution is 9.09. The Bertz CT molecular complexity index is 367. The van der Waals surface area contributed by atoms with E-state index in [1.54, 1.807) is 14.2 Å². The van der Waals surface area contributed by atoms with Crippen molar-refractivity contribution in [1.29, 1.82) is 0 Å². The molecule has 0 aliphatic carbocycles. The molecule has 1 rings (SSSR count). The van der Waals surface area contributed by atoms with Crippen LogP contribution in [0.25, 0.3) is 0 Å². The fourth-order valence-electron chi connectivity index (χ4n) is 1.46. The maximum Gasteiger partial charge on any atom is 0.224 e. The number of ether oxygens (including phenoxy) is 2. The van der Waals surface area contributed by atoms with E-state index in [1.807, 2.05) is 24.3 Å². The largest absolute Gasteiger partial charge is 0.497 e. The van der Waals surface area contributed by atoms with E-state index in [2.05, 4.69) is 21.2 Å². The third-order valence-corrected chi connectivity index (χ3v) is 2.98. The molecule has 1 unspecified atom stereocenters. The van der Waals surface area contributed by atoms with E-state index >= 15 is 0 Å². The van der Waals surface area contributed by atoms with Crippen molar-refractivity contribution in [2.45, 2.75) is 11.2 Å². The number of amides is 1. The maximum absolute atomic E-state index is 11.7. The molecular weight excluding hydrogens is 298 g/mol. The van der Waals surface area contributed by atoms with E-state index in [0.717, 1.165) is 11.3 Å². The molecule has 0 saturated carbocycles. The Kier molecular flexibility index (Phi) is 6.75. The first kappa shape index (κ1) is 15.0. The number of benzene rings is 1. The summed E-state index contributed by atoms with van der Waals surface area (Å²) < 4.78 is 10.0. The number of alkyl halides is 1. The van der Waals surface area contributed by atoms with Crippen molar-refractivity contribution in [2.75, 3.05) is 27.4 Å². The number of carbonyl (C=O) groups excluding carboxylic acids is 1. The van der Waals surface area contributed by atoms with Crippen LogP contribution in [0.2, 0.25) is 0 Å². The summed E-state index contributed by atoms with van der Waals surface area (Å²) in [6.07, 6.45) is 0.372. The molecular formula is C13H18BrNO3. The van der Waals surface area contributed by atoms with Crippen molar-refractivity contribution in [2.24, 2.45) is 0 Å². The predicted molar refractivity (Wildman–Crippen MR) is 74.3 cm³/mol. The Morgan fingerprint density at radius 2 is 2.00 bits per heavy atom. The quantitative estimate of drug-likeness (QED) is 0.780. The smallest absolute Gasteiger partial charge is 0.224 e. The second-order valence-electron chi connectivity index (χ2n) is 3.88. The standard InChI is InChI=1S/C13H18BrNO3/c1-17-9-11(14)8-15-13(16)7-10-3-5-12(18-2)6-4-10/h3-6,11H,7-9H2,1-2H3,(H,15,16). The Morgan fingerprint density at radius 3 is 2.56 bits per heavy atom. The number of nitrogens with one attached hydrogen (secondary N) is 1. The highest BCUT2D eigenvalue weighted by Crippen LogP contribution is 2.11. The Morgan fingerprint density at radius 1 is 1.33 bits per heavy atom. The first-order valence-corrected chi connectivity index (χ1v) is 6.60. The van der Waals surface area contributed by atoms with Crippen LogP contribution in [0.5, 0.6) is 5.75 Å². The number of hydrogen-bond donors (Lipinski definition) is 1. The van der Waals surface area contributed by atoms with Crippen LogP contribution in [0.3, 0.4) is 0 Å². The Balaban J connectivity index is 2.35. The molecule has 1 aromatic rings. The van der Waals surface area contributed by atoms with Gasteiger partial charge in [-0.15, -0.1) is 0 Å². The fourth-order valence-corrected chi connectivity index (χ4v) is 1.88. The Hall–Kier alpha value is -1.07. The van der Waals surface area contributed by atoms with Gasteiger partial charge in [-0.05, 0) is 17.7 Å². The van der Waals surface area contributed by atoms with E-state index in [1.165, 1.54) is 0 Å². The zero-order chi connectivity index (χ0) is 13.4. The first-order chi connectivity index (χ1) is 8.65. The van der Waals surface area contributed by atoms with Gasteiger partial charge < -0.3 is 14.8 Å². The molecule has 0 aliphatic rings. The summed E-state index contributed by atoms with van der Waals surface area (Å²) in [5, 5.41) is 2.85. The lowest BCUT2D eigenvalue weighted by Gasteiger charge is -2.10. The normalized spacial score (nSPS) is 11.9. The van der Waals surface area contributed by atoms with Crippen molar-refractivity contribution < 1.29 is 14.3 Å². The molecule has 0 saturated heterocycles. The van der Waals surface area contributed by atoms with Crippen LogP contribution in [0.4, 0.5) is 0 Å². The van der Waals surface area contributed by atoms with Gasteiger partial charge in [0, 0.05) is 13.7 Å².